The van der Waals surface area contributed by atoms with Crippen molar-refractivity contribution in [2.45, 2.75) is 20.3 Å². The number of furan rings is 1. The Morgan fingerprint density at radius 1 is 1.12 bits per heavy atom. The highest BCUT2D eigenvalue weighted by atomic mass is 16.5. The molecule has 4 rings (SSSR count). The van der Waals surface area contributed by atoms with Gasteiger partial charge in [0.2, 0.25) is 0 Å². The zero-order valence-corrected chi connectivity index (χ0v) is 18.0. The van der Waals surface area contributed by atoms with Crippen LogP contribution >= 0.6 is 0 Å². The number of carbonyl (C=O) groups is 1. The van der Waals surface area contributed by atoms with Crippen LogP contribution in [0.3, 0.4) is 0 Å². The van der Waals surface area contributed by atoms with E-state index in [2.05, 4.69) is 15.6 Å². The van der Waals surface area contributed by atoms with Crippen molar-refractivity contribution in [2.75, 3.05) is 6.61 Å². The normalized spacial score (nSPS) is 11.1. The first-order valence-corrected chi connectivity index (χ1v) is 10.4. The van der Waals surface area contributed by atoms with Crippen LogP contribution in [0.5, 0.6) is 5.75 Å². The highest BCUT2D eigenvalue weighted by Gasteiger charge is 2.14. The van der Waals surface area contributed by atoms with Crippen LogP contribution in [0.1, 0.15) is 35.0 Å². The highest BCUT2D eigenvalue weighted by molar-refractivity contribution is 5.95. The summed E-state index contributed by atoms with van der Waals surface area (Å²) in [5.41, 5.74) is 5.32. The molecule has 7 nitrogen and oxygen atoms in total. The van der Waals surface area contributed by atoms with Gasteiger partial charge in [0.05, 0.1) is 18.5 Å². The highest BCUT2D eigenvalue weighted by Crippen LogP contribution is 2.24. The first kappa shape index (κ1) is 21.1. The van der Waals surface area contributed by atoms with Crippen LogP contribution in [-0.2, 0) is 0 Å². The van der Waals surface area contributed by atoms with Gasteiger partial charge in [0.15, 0.2) is 5.76 Å². The van der Waals surface area contributed by atoms with Gasteiger partial charge in [-0.3, -0.25) is 4.79 Å². The largest absolute Gasteiger partial charge is 0.494 e. The van der Waals surface area contributed by atoms with E-state index in [1.165, 1.54) is 0 Å². The zero-order chi connectivity index (χ0) is 22.3. The molecule has 2 aromatic heterocycles. The minimum absolute atomic E-state index is 0.311. The molecule has 0 aliphatic carbocycles. The van der Waals surface area contributed by atoms with Gasteiger partial charge in [0, 0.05) is 17.3 Å². The molecule has 0 spiro atoms. The number of nitrogens with zero attached hydrogens (tertiary/aromatic N) is 3. The van der Waals surface area contributed by atoms with Gasteiger partial charge in [-0.1, -0.05) is 25.1 Å². The Bertz CT molecular complexity index is 1210. The van der Waals surface area contributed by atoms with Gasteiger partial charge in [-0.05, 0) is 61.9 Å². The fourth-order valence-corrected chi connectivity index (χ4v) is 3.10. The molecule has 162 valence electrons. The van der Waals surface area contributed by atoms with Gasteiger partial charge < -0.3 is 9.15 Å². The smallest absolute Gasteiger partial charge is 0.271 e. The molecule has 0 fully saturated rings. The molecule has 0 aliphatic heterocycles. The maximum absolute atomic E-state index is 12.4. The molecule has 0 saturated carbocycles. The number of nitrogens with one attached hydrogen (secondary N) is 1. The topological polar surface area (TPSA) is 81.6 Å². The van der Waals surface area contributed by atoms with E-state index in [1.54, 1.807) is 35.2 Å². The van der Waals surface area contributed by atoms with Crippen LogP contribution < -0.4 is 10.2 Å². The molecule has 0 unspecified atom stereocenters. The molecule has 32 heavy (non-hydrogen) atoms. The lowest BCUT2D eigenvalue weighted by Gasteiger charge is -2.05. The number of aromatic nitrogens is 2. The molecule has 4 aromatic rings. The third-order valence-electron chi connectivity index (χ3n) is 4.70. The van der Waals surface area contributed by atoms with Gasteiger partial charge in [-0.2, -0.15) is 10.2 Å². The summed E-state index contributed by atoms with van der Waals surface area (Å²) in [6.45, 7) is 4.57. The summed E-state index contributed by atoms with van der Waals surface area (Å²) >= 11 is 0. The Labute approximate surface area is 186 Å². The lowest BCUT2D eigenvalue weighted by atomic mass is 10.2. The van der Waals surface area contributed by atoms with Crippen molar-refractivity contribution in [3.8, 4) is 22.9 Å². The number of para-hydroxylation sites is 1. The molecule has 2 heterocycles. The standard InChI is InChI=1S/C25H24N4O3/c1-3-15-31-22-12-10-19(11-13-22)25(30)27-26-16-20-17-29(21-7-5-4-6-8-21)28-24(20)23-14-9-18(2)32-23/h4-14,16-17H,3,15H2,1-2H3,(H,27,30)/b26-16+. The maximum atomic E-state index is 12.4. The van der Waals surface area contributed by atoms with Crippen molar-refractivity contribution in [1.29, 1.82) is 0 Å². The second-order valence-electron chi connectivity index (χ2n) is 7.20. The van der Waals surface area contributed by atoms with Crippen molar-refractivity contribution in [2.24, 2.45) is 5.10 Å². The third kappa shape index (κ3) is 4.95. The molecular formula is C25H24N4O3. The minimum atomic E-state index is -0.311. The maximum Gasteiger partial charge on any atom is 0.271 e. The monoisotopic (exact) mass is 428 g/mol. The number of amides is 1. The predicted molar refractivity (Wildman–Crippen MR) is 123 cm³/mol. The summed E-state index contributed by atoms with van der Waals surface area (Å²) in [5.74, 6) is 1.84. The zero-order valence-electron chi connectivity index (χ0n) is 18.0. The van der Waals surface area contributed by atoms with Crippen LogP contribution in [0.25, 0.3) is 17.1 Å². The number of ether oxygens (including phenoxy) is 1. The fourth-order valence-electron chi connectivity index (χ4n) is 3.10. The van der Waals surface area contributed by atoms with Gasteiger partial charge in [-0.15, -0.1) is 0 Å². The summed E-state index contributed by atoms with van der Waals surface area (Å²) < 4.78 is 13.1. The van der Waals surface area contributed by atoms with Crippen molar-refractivity contribution in [3.63, 3.8) is 0 Å². The predicted octanol–water partition coefficient (Wildman–Crippen LogP) is 4.99. The van der Waals surface area contributed by atoms with Crippen molar-refractivity contribution in [3.05, 3.63) is 89.8 Å². The average molecular weight is 428 g/mol. The van der Waals surface area contributed by atoms with Crippen LogP contribution in [-0.4, -0.2) is 28.5 Å². The van der Waals surface area contributed by atoms with Gasteiger partial charge in [-0.25, -0.2) is 10.1 Å². The fraction of sp³-hybridized carbons (Fsp3) is 0.160. The lowest BCUT2D eigenvalue weighted by molar-refractivity contribution is 0.0955. The first-order chi connectivity index (χ1) is 15.6. The molecule has 0 aliphatic rings. The van der Waals surface area contributed by atoms with Crippen LogP contribution in [0.2, 0.25) is 0 Å². The minimum Gasteiger partial charge on any atom is -0.494 e. The van der Waals surface area contributed by atoms with Crippen LogP contribution in [0, 0.1) is 6.92 Å². The van der Waals surface area contributed by atoms with Crippen LogP contribution in [0.4, 0.5) is 0 Å². The van der Waals surface area contributed by atoms with Gasteiger partial charge in [0.25, 0.3) is 5.91 Å². The van der Waals surface area contributed by atoms with Crippen molar-refractivity contribution in [1.82, 2.24) is 15.2 Å². The number of rotatable bonds is 8. The van der Waals surface area contributed by atoms with E-state index < -0.39 is 0 Å². The second kappa shape index (κ2) is 9.78. The van der Waals surface area contributed by atoms with Gasteiger partial charge in [0.1, 0.15) is 17.2 Å². The van der Waals surface area contributed by atoms with E-state index in [9.17, 15) is 4.79 Å². The van der Waals surface area contributed by atoms with E-state index in [-0.39, 0.29) is 5.91 Å². The summed E-state index contributed by atoms with van der Waals surface area (Å²) in [6.07, 6.45) is 4.34. The number of benzene rings is 2. The molecule has 0 radical (unpaired) electrons. The lowest BCUT2D eigenvalue weighted by Crippen LogP contribution is -2.17. The van der Waals surface area contributed by atoms with Crippen molar-refractivity contribution < 1.29 is 13.9 Å². The second-order valence-corrected chi connectivity index (χ2v) is 7.20. The number of hydrazone groups is 1. The Kier molecular flexibility index (Phi) is 6.46. The Hall–Kier alpha value is -4.13. The number of hydrogen-bond donors (Lipinski definition) is 1. The quantitative estimate of drug-likeness (QED) is 0.317. The Morgan fingerprint density at radius 2 is 1.91 bits per heavy atom. The Morgan fingerprint density at radius 3 is 2.59 bits per heavy atom. The van der Waals surface area contributed by atoms with E-state index in [0.717, 1.165) is 23.6 Å². The molecule has 1 amide bonds. The average Bonchev–Trinajstić information content (AvgIpc) is 3.45. The first-order valence-electron chi connectivity index (χ1n) is 10.4. The number of hydrogen-bond acceptors (Lipinski definition) is 5. The summed E-state index contributed by atoms with van der Waals surface area (Å²) in [4.78, 5) is 12.4. The summed E-state index contributed by atoms with van der Waals surface area (Å²) in [7, 11) is 0. The molecule has 0 saturated heterocycles. The number of carbonyl (C=O) groups excluding carboxylic acids is 1. The van der Waals surface area contributed by atoms with Gasteiger partial charge >= 0.3 is 0 Å². The molecule has 0 bridgehead atoms. The molecule has 1 N–H and O–H groups in total. The molecule has 2 aromatic carbocycles. The number of aryl methyl sites for hydroxylation is 1. The van der Waals surface area contributed by atoms with E-state index in [1.807, 2.05) is 62.5 Å². The van der Waals surface area contributed by atoms with E-state index in [0.29, 0.717) is 29.2 Å². The van der Waals surface area contributed by atoms with E-state index >= 15 is 0 Å². The third-order valence-corrected chi connectivity index (χ3v) is 4.70. The van der Waals surface area contributed by atoms with Crippen molar-refractivity contribution >= 4 is 12.1 Å². The molecular weight excluding hydrogens is 404 g/mol. The Balaban J connectivity index is 1.52. The summed E-state index contributed by atoms with van der Waals surface area (Å²) in [5, 5.41) is 8.80. The summed E-state index contributed by atoms with van der Waals surface area (Å²) in [6, 6.07) is 20.5. The molecule has 0 atom stereocenters. The molecule has 7 heteroatoms. The van der Waals surface area contributed by atoms with Crippen LogP contribution in [0.15, 0.2) is 82.4 Å². The van der Waals surface area contributed by atoms with E-state index in [4.69, 9.17) is 9.15 Å². The SMILES string of the molecule is CCCOc1ccc(C(=O)N/N=C/c2cn(-c3ccccc3)nc2-c2ccc(C)o2)cc1.